The maximum atomic E-state index is 12.8. The number of fused-ring (bicyclic) bond motifs is 1. The first-order chi connectivity index (χ1) is 12.0. The first-order valence-electron chi connectivity index (χ1n) is 8.53. The van der Waals surface area contributed by atoms with E-state index in [9.17, 15) is 4.79 Å². The van der Waals surface area contributed by atoms with E-state index in [1.165, 1.54) is 0 Å². The van der Waals surface area contributed by atoms with Crippen LogP contribution in [0.5, 0.6) is 17.2 Å². The van der Waals surface area contributed by atoms with Crippen LogP contribution in [0.25, 0.3) is 0 Å². The highest BCUT2D eigenvalue weighted by Crippen LogP contribution is 2.44. The Morgan fingerprint density at radius 2 is 2.04 bits per heavy atom. The van der Waals surface area contributed by atoms with E-state index in [2.05, 4.69) is 10.2 Å². The minimum atomic E-state index is -0.472. The van der Waals surface area contributed by atoms with E-state index in [0.29, 0.717) is 29.2 Å². The lowest BCUT2D eigenvalue weighted by Gasteiger charge is -2.44. The number of rotatable bonds is 3. The number of benzene rings is 1. The van der Waals surface area contributed by atoms with Gasteiger partial charge in [0.1, 0.15) is 28.4 Å². The third-order valence-corrected chi connectivity index (χ3v) is 5.28. The third-order valence-electron chi connectivity index (χ3n) is 4.87. The summed E-state index contributed by atoms with van der Waals surface area (Å²) >= 11 is 5.39. The molecule has 7 heteroatoms. The SMILES string of the molecule is CCNC(=S)N1CCC2(CC1)CC(=O)c1c(OC)cc(OC)cc1O2. The molecule has 0 radical (unpaired) electrons. The van der Waals surface area contributed by atoms with Crippen molar-refractivity contribution in [3.8, 4) is 17.2 Å². The number of carbonyl (C=O) groups excluding carboxylic acids is 1. The van der Waals surface area contributed by atoms with E-state index in [4.69, 9.17) is 26.4 Å². The summed E-state index contributed by atoms with van der Waals surface area (Å²) in [4.78, 5) is 14.9. The van der Waals surface area contributed by atoms with Crippen molar-refractivity contribution in [2.24, 2.45) is 0 Å². The molecule has 2 aliphatic heterocycles. The summed E-state index contributed by atoms with van der Waals surface area (Å²) in [6.45, 7) is 4.38. The first kappa shape index (κ1) is 17.8. The Morgan fingerprint density at radius 1 is 1.32 bits per heavy atom. The average Bonchev–Trinajstić information content (AvgIpc) is 2.61. The number of nitrogens with one attached hydrogen (secondary N) is 1. The molecule has 0 saturated carbocycles. The number of methoxy groups -OCH3 is 2. The van der Waals surface area contributed by atoms with Gasteiger partial charge in [-0.3, -0.25) is 4.79 Å². The lowest BCUT2D eigenvalue weighted by molar-refractivity contribution is 0.00310. The predicted octanol–water partition coefficient (Wildman–Crippen LogP) is 2.40. The van der Waals surface area contributed by atoms with Gasteiger partial charge in [0.15, 0.2) is 10.9 Å². The van der Waals surface area contributed by atoms with Gasteiger partial charge in [0.25, 0.3) is 0 Å². The quantitative estimate of drug-likeness (QED) is 0.827. The fraction of sp³-hybridized carbons (Fsp3) is 0.556. The van der Waals surface area contributed by atoms with E-state index in [1.54, 1.807) is 26.4 Å². The Labute approximate surface area is 153 Å². The summed E-state index contributed by atoms with van der Waals surface area (Å²) in [6.07, 6.45) is 1.87. The van der Waals surface area contributed by atoms with Crippen molar-refractivity contribution in [1.82, 2.24) is 10.2 Å². The molecule has 2 heterocycles. The molecular weight excluding hydrogens is 340 g/mol. The lowest BCUT2D eigenvalue weighted by atomic mass is 9.82. The fourth-order valence-electron chi connectivity index (χ4n) is 3.51. The predicted molar refractivity (Wildman–Crippen MR) is 98.9 cm³/mol. The molecule has 1 N–H and O–H groups in total. The number of thiocarbonyl (C=S) groups is 1. The van der Waals surface area contributed by atoms with Crippen molar-refractivity contribution in [3.05, 3.63) is 17.7 Å². The second-order valence-electron chi connectivity index (χ2n) is 6.41. The van der Waals surface area contributed by atoms with Crippen molar-refractivity contribution in [3.63, 3.8) is 0 Å². The van der Waals surface area contributed by atoms with E-state index in [1.807, 2.05) is 6.92 Å². The molecule has 1 saturated heterocycles. The summed E-state index contributed by atoms with van der Waals surface area (Å²) < 4.78 is 17.0. The highest BCUT2D eigenvalue weighted by molar-refractivity contribution is 7.80. The van der Waals surface area contributed by atoms with Crippen LogP contribution in [0.4, 0.5) is 0 Å². The number of likely N-dealkylation sites (tertiary alicyclic amines) is 1. The van der Waals surface area contributed by atoms with Crippen molar-refractivity contribution in [2.45, 2.75) is 31.8 Å². The van der Waals surface area contributed by atoms with Gasteiger partial charge in [-0.1, -0.05) is 0 Å². The third kappa shape index (κ3) is 3.38. The van der Waals surface area contributed by atoms with Crippen LogP contribution in [0, 0.1) is 0 Å². The number of ether oxygens (including phenoxy) is 3. The molecule has 0 amide bonds. The van der Waals surface area contributed by atoms with Gasteiger partial charge < -0.3 is 24.4 Å². The minimum absolute atomic E-state index is 0.0588. The highest BCUT2D eigenvalue weighted by atomic mass is 32.1. The van der Waals surface area contributed by atoms with Crippen LogP contribution in [-0.4, -0.2) is 55.3 Å². The van der Waals surface area contributed by atoms with Gasteiger partial charge in [-0.25, -0.2) is 0 Å². The van der Waals surface area contributed by atoms with E-state index < -0.39 is 5.60 Å². The Kier molecular flexibility index (Phi) is 5.03. The van der Waals surface area contributed by atoms with Crippen molar-refractivity contribution < 1.29 is 19.0 Å². The average molecular weight is 364 g/mol. The summed E-state index contributed by atoms with van der Waals surface area (Å²) in [5.41, 5.74) is 0.0410. The highest BCUT2D eigenvalue weighted by Gasteiger charge is 2.44. The molecule has 0 bridgehead atoms. The number of ketones is 1. The Hall–Kier alpha value is -2.02. The van der Waals surface area contributed by atoms with Gasteiger partial charge in [-0.2, -0.15) is 0 Å². The van der Waals surface area contributed by atoms with Crippen LogP contribution in [0.2, 0.25) is 0 Å². The Balaban J connectivity index is 1.82. The second-order valence-corrected chi connectivity index (χ2v) is 6.80. The summed E-state index contributed by atoms with van der Waals surface area (Å²) in [6, 6.07) is 3.49. The topological polar surface area (TPSA) is 60.0 Å². The molecule has 0 aromatic heterocycles. The maximum Gasteiger partial charge on any atom is 0.174 e. The Morgan fingerprint density at radius 3 is 2.64 bits per heavy atom. The summed E-state index contributed by atoms with van der Waals surface area (Å²) in [5, 5.41) is 3.94. The molecule has 25 heavy (non-hydrogen) atoms. The standard InChI is InChI=1S/C18H24N2O4S/c1-4-19-17(25)20-7-5-18(6-8-20)11-13(21)16-14(23-3)9-12(22-2)10-15(16)24-18/h9-10H,4-8,11H2,1-3H3,(H,19,25). The molecule has 136 valence electrons. The molecule has 0 aliphatic carbocycles. The van der Waals surface area contributed by atoms with Crippen LogP contribution < -0.4 is 19.5 Å². The number of piperidine rings is 1. The van der Waals surface area contributed by atoms with E-state index in [-0.39, 0.29) is 5.78 Å². The number of carbonyl (C=O) groups is 1. The molecular formula is C18H24N2O4S. The number of hydrogen-bond acceptors (Lipinski definition) is 5. The fourth-order valence-corrected chi connectivity index (χ4v) is 3.84. The molecule has 1 aromatic rings. The Bertz CT molecular complexity index is 684. The molecule has 0 atom stereocenters. The van der Waals surface area contributed by atoms with Crippen LogP contribution in [0.1, 0.15) is 36.5 Å². The molecule has 1 aromatic carbocycles. The molecule has 0 unspecified atom stereocenters. The molecule has 6 nitrogen and oxygen atoms in total. The van der Waals surface area contributed by atoms with Crippen molar-refractivity contribution in [1.29, 1.82) is 0 Å². The zero-order valence-electron chi connectivity index (χ0n) is 14.9. The number of Topliss-reactive ketones (excluding diaryl/α,β-unsaturated/α-hetero) is 1. The molecule has 1 fully saturated rings. The van der Waals surface area contributed by atoms with Gasteiger partial charge in [0.2, 0.25) is 0 Å². The van der Waals surface area contributed by atoms with Gasteiger partial charge in [0, 0.05) is 44.6 Å². The first-order valence-corrected chi connectivity index (χ1v) is 8.94. The lowest BCUT2D eigenvalue weighted by Crippen LogP contribution is -2.54. The number of nitrogens with zero attached hydrogens (tertiary/aromatic N) is 1. The normalized spacial score (nSPS) is 18.4. The van der Waals surface area contributed by atoms with Crippen LogP contribution in [-0.2, 0) is 0 Å². The molecule has 2 aliphatic rings. The van der Waals surface area contributed by atoms with Crippen LogP contribution >= 0.6 is 12.2 Å². The van der Waals surface area contributed by atoms with E-state index >= 15 is 0 Å². The second kappa shape index (κ2) is 7.07. The molecule has 1 spiro atoms. The summed E-state index contributed by atoms with van der Waals surface area (Å²) in [7, 11) is 3.13. The van der Waals surface area contributed by atoms with Crippen LogP contribution in [0.3, 0.4) is 0 Å². The van der Waals surface area contributed by atoms with Gasteiger partial charge in [0.05, 0.1) is 20.6 Å². The molecule has 3 rings (SSSR count). The van der Waals surface area contributed by atoms with E-state index in [0.717, 1.165) is 37.6 Å². The van der Waals surface area contributed by atoms with Crippen molar-refractivity contribution >= 4 is 23.1 Å². The monoisotopic (exact) mass is 364 g/mol. The summed E-state index contributed by atoms with van der Waals surface area (Å²) in [5.74, 6) is 1.73. The number of hydrogen-bond donors (Lipinski definition) is 1. The minimum Gasteiger partial charge on any atom is -0.496 e. The smallest absolute Gasteiger partial charge is 0.174 e. The van der Waals surface area contributed by atoms with Crippen molar-refractivity contribution in [2.75, 3.05) is 33.9 Å². The zero-order chi connectivity index (χ0) is 18.0. The zero-order valence-corrected chi connectivity index (χ0v) is 15.7. The maximum absolute atomic E-state index is 12.8. The largest absolute Gasteiger partial charge is 0.496 e. The van der Waals surface area contributed by atoms with Gasteiger partial charge in [-0.05, 0) is 19.1 Å². The van der Waals surface area contributed by atoms with Gasteiger partial charge >= 0.3 is 0 Å². The van der Waals surface area contributed by atoms with Crippen LogP contribution in [0.15, 0.2) is 12.1 Å². The van der Waals surface area contributed by atoms with Gasteiger partial charge in [-0.15, -0.1) is 0 Å².